The van der Waals surface area contributed by atoms with Crippen LogP contribution in [0.1, 0.15) is 50.4 Å². The molecule has 4 rings (SSSR count). The normalized spacial score (nSPS) is 20.7. The van der Waals surface area contributed by atoms with Crippen LogP contribution in [-0.4, -0.2) is 59.2 Å². The minimum Gasteiger partial charge on any atom is -0.344 e. The third-order valence-electron chi connectivity index (χ3n) is 6.95. The van der Waals surface area contributed by atoms with E-state index in [-0.39, 0.29) is 35.6 Å². The molecular weight excluding hydrogens is 402 g/mol. The number of fused-ring (bicyclic) bond motifs is 1. The highest BCUT2D eigenvalue weighted by molar-refractivity contribution is 6.07. The summed E-state index contributed by atoms with van der Waals surface area (Å²) in [7, 11) is 0. The first-order valence-corrected chi connectivity index (χ1v) is 11.8. The molecule has 2 fully saturated rings. The van der Waals surface area contributed by atoms with Crippen LogP contribution in [0.3, 0.4) is 0 Å². The first-order valence-electron chi connectivity index (χ1n) is 11.8. The monoisotopic (exact) mass is 435 g/mol. The van der Waals surface area contributed by atoms with Gasteiger partial charge in [-0.15, -0.1) is 0 Å². The average molecular weight is 436 g/mol. The number of amides is 3. The SMILES string of the molecule is CCC(C)C(NC(=O)C1CC1)C(=O)N1CCN(C(=O)c2cccc3ccccc23)C(C)C1. The molecule has 0 spiro atoms. The molecule has 2 aliphatic rings. The van der Waals surface area contributed by atoms with Crippen LogP contribution in [0.2, 0.25) is 0 Å². The van der Waals surface area contributed by atoms with Gasteiger partial charge in [0.25, 0.3) is 5.91 Å². The fourth-order valence-corrected chi connectivity index (χ4v) is 4.52. The molecule has 1 saturated heterocycles. The summed E-state index contributed by atoms with van der Waals surface area (Å²) in [6.07, 6.45) is 2.65. The van der Waals surface area contributed by atoms with E-state index in [9.17, 15) is 14.4 Å². The zero-order valence-corrected chi connectivity index (χ0v) is 19.2. The van der Waals surface area contributed by atoms with Gasteiger partial charge in [-0.05, 0) is 42.5 Å². The van der Waals surface area contributed by atoms with Crippen molar-refractivity contribution in [3.63, 3.8) is 0 Å². The maximum absolute atomic E-state index is 13.4. The lowest BCUT2D eigenvalue weighted by molar-refractivity contribution is -0.140. The van der Waals surface area contributed by atoms with Gasteiger partial charge in [0.05, 0.1) is 0 Å². The molecule has 0 bridgehead atoms. The molecule has 3 atom stereocenters. The van der Waals surface area contributed by atoms with Crippen molar-refractivity contribution in [1.82, 2.24) is 15.1 Å². The summed E-state index contributed by atoms with van der Waals surface area (Å²) in [5.41, 5.74) is 0.698. The second-order valence-electron chi connectivity index (χ2n) is 9.30. The molecule has 1 aliphatic heterocycles. The van der Waals surface area contributed by atoms with Crippen LogP contribution in [0, 0.1) is 11.8 Å². The van der Waals surface area contributed by atoms with Crippen LogP contribution >= 0.6 is 0 Å². The van der Waals surface area contributed by atoms with E-state index in [2.05, 4.69) is 5.32 Å². The molecule has 1 aliphatic carbocycles. The third-order valence-corrected chi connectivity index (χ3v) is 6.95. The number of nitrogens with one attached hydrogen (secondary N) is 1. The predicted molar refractivity (Wildman–Crippen MR) is 125 cm³/mol. The number of hydrogen-bond donors (Lipinski definition) is 1. The minimum atomic E-state index is -0.499. The number of piperazine rings is 1. The first kappa shape index (κ1) is 22.3. The highest BCUT2D eigenvalue weighted by atomic mass is 16.2. The van der Waals surface area contributed by atoms with E-state index in [1.165, 1.54) is 0 Å². The fourth-order valence-electron chi connectivity index (χ4n) is 4.52. The van der Waals surface area contributed by atoms with E-state index < -0.39 is 6.04 Å². The molecule has 1 N–H and O–H groups in total. The van der Waals surface area contributed by atoms with E-state index in [0.717, 1.165) is 30.0 Å². The topological polar surface area (TPSA) is 69.7 Å². The van der Waals surface area contributed by atoms with Crippen LogP contribution in [0.5, 0.6) is 0 Å². The Bertz CT molecular complexity index is 1010. The van der Waals surface area contributed by atoms with Crippen molar-refractivity contribution in [2.45, 2.75) is 52.1 Å². The molecule has 3 unspecified atom stereocenters. The Kier molecular flexibility index (Phi) is 6.49. The number of carbonyl (C=O) groups excluding carboxylic acids is 3. The highest BCUT2D eigenvalue weighted by Crippen LogP contribution is 2.29. The summed E-state index contributed by atoms with van der Waals surface area (Å²) in [6, 6.07) is 13.1. The van der Waals surface area contributed by atoms with Gasteiger partial charge in [0.15, 0.2) is 0 Å². The molecule has 2 aromatic carbocycles. The van der Waals surface area contributed by atoms with E-state index >= 15 is 0 Å². The fraction of sp³-hybridized carbons (Fsp3) is 0.500. The van der Waals surface area contributed by atoms with Crippen molar-refractivity contribution in [2.24, 2.45) is 11.8 Å². The lowest BCUT2D eigenvalue weighted by Crippen LogP contribution is -2.60. The number of rotatable bonds is 6. The summed E-state index contributed by atoms with van der Waals surface area (Å²) < 4.78 is 0. The predicted octanol–water partition coefficient (Wildman–Crippen LogP) is 3.45. The molecule has 170 valence electrons. The van der Waals surface area contributed by atoms with E-state index in [1.54, 1.807) is 0 Å². The van der Waals surface area contributed by atoms with Crippen LogP contribution in [0.15, 0.2) is 42.5 Å². The van der Waals surface area contributed by atoms with Crippen molar-refractivity contribution in [3.8, 4) is 0 Å². The molecule has 6 heteroatoms. The Labute approximate surface area is 189 Å². The van der Waals surface area contributed by atoms with Crippen molar-refractivity contribution in [3.05, 3.63) is 48.0 Å². The molecule has 2 aromatic rings. The molecule has 1 heterocycles. The van der Waals surface area contributed by atoms with Crippen molar-refractivity contribution < 1.29 is 14.4 Å². The second-order valence-corrected chi connectivity index (χ2v) is 9.30. The maximum Gasteiger partial charge on any atom is 0.254 e. The van der Waals surface area contributed by atoms with Gasteiger partial charge in [0.1, 0.15) is 6.04 Å². The van der Waals surface area contributed by atoms with Gasteiger partial charge in [0.2, 0.25) is 11.8 Å². The van der Waals surface area contributed by atoms with Gasteiger partial charge in [-0.25, -0.2) is 0 Å². The van der Waals surface area contributed by atoms with Crippen molar-refractivity contribution in [2.75, 3.05) is 19.6 Å². The molecule has 32 heavy (non-hydrogen) atoms. The Balaban J connectivity index is 1.46. The van der Waals surface area contributed by atoms with Gasteiger partial charge >= 0.3 is 0 Å². The van der Waals surface area contributed by atoms with E-state index in [1.807, 2.05) is 73.0 Å². The largest absolute Gasteiger partial charge is 0.344 e. The van der Waals surface area contributed by atoms with E-state index in [0.29, 0.717) is 25.2 Å². The van der Waals surface area contributed by atoms with Crippen molar-refractivity contribution >= 4 is 28.5 Å². The molecule has 3 amide bonds. The standard InChI is InChI=1S/C26H33N3O3/c1-4-17(2)23(27-24(30)20-12-13-20)26(32)28-14-15-29(18(3)16-28)25(31)22-11-7-9-19-8-5-6-10-21(19)22/h5-11,17-18,20,23H,4,12-16H2,1-3H3,(H,27,30). The second kappa shape index (κ2) is 9.31. The number of carbonyl (C=O) groups is 3. The molecule has 6 nitrogen and oxygen atoms in total. The van der Waals surface area contributed by atoms with Crippen LogP contribution < -0.4 is 5.32 Å². The zero-order valence-electron chi connectivity index (χ0n) is 19.2. The van der Waals surface area contributed by atoms with Gasteiger partial charge in [-0.2, -0.15) is 0 Å². The Morgan fingerprint density at radius 3 is 2.47 bits per heavy atom. The Morgan fingerprint density at radius 1 is 1.06 bits per heavy atom. The number of hydrogen-bond acceptors (Lipinski definition) is 3. The number of benzene rings is 2. The van der Waals surface area contributed by atoms with Crippen molar-refractivity contribution in [1.29, 1.82) is 0 Å². The van der Waals surface area contributed by atoms with Gasteiger partial charge < -0.3 is 15.1 Å². The van der Waals surface area contributed by atoms with Gasteiger partial charge in [0, 0.05) is 37.2 Å². The third kappa shape index (κ3) is 4.50. The van der Waals surface area contributed by atoms with Crippen LogP contribution in [0.25, 0.3) is 10.8 Å². The first-order chi connectivity index (χ1) is 15.4. The molecule has 0 radical (unpaired) electrons. The smallest absolute Gasteiger partial charge is 0.254 e. The lowest BCUT2D eigenvalue weighted by Gasteiger charge is -2.41. The lowest BCUT2D eigenvalue weighted by atomic mass is 9.96. The average Bonchev–Trinajstić information content (AvgIpc) is 3.66. The molecular formula is C26H33N3O3. The van der Waals surface area contributed by atoms with Crippen LogP contribution in [0.4, 0.5) is 0 Å². The van der Waals surface area contributed by atoms with Crippen LogP contribution in [-0.2, 0) is 9.59 Å². The van der Waals surface area contributed by atoms with E-state index in [4.69, 9.17) is 0 Å². The summed E-state index contributed by atoms with van der Waals surface area (Å²) in [6.45, 7) is 7.48. The Hall–Kier alpha value is -2.89. The zero-order chi connectivity index (χ0) is 22.8. The molecule has 1 saturated carbocycles. The summed E-state index contributed by atoms with van der Waals surface area (Å²) in [5.74, 6) is 0.111. The minimum absolute atomic E-state index is 0.00136. The van der Waals surface area contributed by atoms with Gasteiger partial charge in [-0.1, -0.05) is 56.7 Å². The highest BCUT2D eigenvalue weighted by Gasteiger charge is 2.38. The summed E-state index contributed by atoms with van der Waals surface area (Å²) in [5, 5.41) is 5.00. The summed E-state index contributed by atoms with van der Waals surface area (Å²) in [4.78, 5) is 42.8. The van der Waals surface area contributed by atoms with Gasteiger partial charge in [-0.3, -0.25) is 14.4 Å². The molecule has 0 aromatic heterocycles. The Morgan fingerprint density at radius 2 is 1.78 bits per heavy atom. The quantitative estimate of drug-likeness (QED) is 0.756. The number of nitrogens with zero attached hydrogens (tertiary/aromatic N) is 2. The maximum atomic E-state index is 13.4. The summed E-state index contributed by atoms with van der Waals surface area (Å²) >= 11 is 0.